The number of fused-ring (bicyclic) bond motifs is 1. The Kier molecular flexibility index (Phi) is 6.61. The number of benzene rings is 2. The molecular formula is C23H21N3O2S2. The number of amides is 1. The van der Waals surface area contributed by atoms with E-state index in [1.807, 2.05) is 48.5 Å². The van der Waals surface area contributed by atoms with E-state index in [9.17, 15) is 4.79 Å². The van der Waals surface area contributed by atoms with Crippen LogP contribution in [0.1, 0.15) is 11.1 Å². The van der Waals surface area contributed by atoms with Gasteiger partial charge in [-0.15, -0.1) is 11.8 Å². The summed E-state index contributed by atoms with van der Waals surface area (Å²) in [5.74, 6) is 1.99. The van der Waals surface area contributed by atoms with E-state index in [-0.39, 0.29) is 5.91 Å². The van der Waals surface area contributed by atoms with Crippen LogP contribution in [-0.2, 0) is 17.1 Å². The number of rotatable bonds is 8. The Morgan fingerprint density at radius 3 is 2.70 bits per heavy atom. The molecule has 0 unspecified atom stereocenters. The predicted octanol–water partition coefficient (Wildman–Crippen LogP) is 5.17. The van der Waals surface area contributed by atoms with E-state index >= 15 is 0 Å². The molecule has 4 aromatic rings. The van der Waals surface area contributed by atoms with Gasteiger partial charge in [0, 0.05) is 18.1 Å². The molecule has 0 aliphatic rings. The van der Waals surface area contributed by atoms with Gasteiger partial charge in [-0.05, 0) is 35.4 Å². The molecule has 5 nitrogen and oxygen atoms in total. The molecule has 2 heterocycles. The van der Waals surface area contributed by atoms with E-state index in [1.165, 1.54) is 16.9 Å². The molecule has 7 heteroatoms. The van der Waals surface area contributed by atoms with Crippen molar-refractivity contribution < 1.29 is 9.53 Å². The fourth-order valence-electron chi connectivity index (χ4n) is 2.98. The molecule has 0 fully saturated rings. The summed E-state index contributed by atoms with van der Waals surface area (Å²) < 4.78 is 6.31. The number of thiazole rings is 1. The molecule has 152 valence electrons. The standard InChI is InChI=1S/C23H21N3O2S2/c1-28-19-9-10-20-21(12-19)30-23(25-20)26(14-18-8-5-11-24-13-18)22(27)16-29-15-17-6-3-2-4-7-17/h2-13H,14-16H2,1H3. The molecular weight excluding hydrogens is 414 g/mol. The fraction of sp³-hybridized carbons (Fsp3) is 0.174. The summed E-state index contributed by atoms with van der Waals surface area (Å²) >= 11 is 3.11. The van der Waals surface area contributed by atoms with Crippen LogP contribution < -0.4 is 9.64 Å². The van der Waals surface area contributed by atoms with Crippen LogP contribution in [0.15, 0.2) is 73.1 Å². The highest BCUT2D eigenvalue weighted by Gasteiger charge is 2.20. The molecule has 0 aliphatic carbocycles. The molecule has 0 bridgehead atoms. The van der Waals surface area contributed by atoms with Gasteiger partial charge in [0.2, 0.25) is 5.91 Å². The van der Waals surface area contributed by atoms with Gasteiger partial charge in [-0.25, -0.2) is 4.98 Å². The number of methoxy groups -OCH3 is 1. The molecule has 0 aliphatic heterocycles. The summed E-state index contributed by atoms with van der Waals surface area (Å²) in [6.45, 7) is 0.440. The number of aromatic nitrogens is 2. The van der Waals surface area contributed by atoms with Crippen LogP contribution in [0.4, 0.5) is 5.13 Å². The summed E-state index contributed by atoms with van der Waals surface area (Å²) in [7, 11) is 1.64. The van der Waals surface area contributed by atoms with Crippen molar-refractivity contribution in [2.75, 3.05) is 17.8 Å². The van der Waals surface area contributed by atoms with Crippen molar-refractivity contribution in [2.24, 2.45) is 0 Å². The van der Waals surface area contributed by atoms with E-state index in [0.29, 0.717) is 17.4 Å². The number of pyridine rings is 1. The molecule has 2 aromatic heterocycles. The number of ether oxygens (including phenoxy) is 1. The van der Waals surface area contributed by atoms with Gasteiger partial charge < -0.3 is 4.74 Å². The molecule has 2 aromatic carbocycles. The SMILES string of the molecule is COc1ccc2nc(N(Cc3cccnc3)C(=O)CSCc3ccccc3)sc2c1. The lowest BCUT2D eigenvalue weighted by Crippen LogP contribution is -2.31. The lowest BCUT2D eigenvalue weighted by molar-refractivity contribution is -0.116. The summed E-state index contributed by atoms with van der Waals surface area (Å²) in [5, 5.41) is 0.687. The zero-order valence-electron chi connectivity index (χ0n) is 16.5. The normalized spacial score (nSPS) is 10.8. The van der Waals surface area contributed by atoms with Gasteiger partial charge in [-0.3, -0.25) is 14.7 Å². The van der Waals surface area contributed by atoms with Crippen LogP contribution in [0.3, 0.4) is 0 Å². The number of carbonyl (C=O) groups excluding carboxylic acids is 1. The average molecular weight is 436 g/mol. The number of anilines is 1. The third-order valence-electron chi connectivity index (χ3n) is 4.52. The van der Waals surface area contributed by atoms with Crippen molar-refractivity contribution in [2.45, 2.75) is 12.3 Å². The van der Waals surface area contributed by atoms with Crippen molar-refractivity contribution in [3.8, 4) is 5.75 Å². The van der Waals surface area contributed by atoms with E-state index in [1.54, 1.807) is 36.2 Å². The second-order valence-electron chi connectivity index (χ2n) is 6.65. The fourth-order valence-corrected chi connectivity index (χ4v) is 4.85. The molecule has 0 saturated carbocycles. The highest BCUT2D eigenvalue weighted by molar-refractivity contribution is 7.99. The van der Waals surface area contributed by atoms with Crippen LogP contribution >= 0.6 is 23.1 Å². The van der Waals surface area contributed by atoms with Gasteiger partial charge in [0.1, 0.15) is 5.75 Å². The quantitative estimate of drug-likeness (QED) is 0.382. The van der Waals surface area contributed by atoms with Gasteiger partial charge >= 0.3 is 0 Å². The number of nitrogens with zero attached hydrogens (tertiary/aromatic N) is 3. The molecule has 0 N–H and O–H groups in total. The van der Waals surface area contributed by atoms with Crippen LogP contribution in [0.2, 0.25) is 0 Å². The van der Waals surface area contributed by atoms with Crippen molar-refractivity contribution >= 4 is 44.4 Å². The highest BCUT2D eigenvalue weighted by Crippen LogP contribution is 2.32. The predicted molar refractivity (Wildman–Crippen MR) is 124 cm³/mol. The minimum atomic E-state index is 0.0332. The summed E-state index contributed by atoms with van der Waals surface area (Å²) in [6.07, 6.45) is 3.52. The molecule has 1 amide bonds. The minimum absolute atomic E-state index is 0.0332. The molecule has 0 radical (unpaired) electrons. The largest absolute Gasteiger partial charge is 0.497 e. The Balaban J connectivity index is 1.55. The second kappa shape index (κ2) is 9.73. The molecule has 0 atom stereocenters. The first-order valence-electron chi connectivity index (χ1n) is 9.48. The van der Waals surface area contributed by atoms with Crippen molar-refractivity contribution in [3.05, 3.63) is 84.2 Å². The van der Waals surface area contributed by atoms with E-state index < -0.39 is 0 Å². The first kappa shape index (κ1) is 20.4. The maximum Gasteiger partial charge on any atom is 0.239 e. The first-order chi connectivity index (χ1) is 14.7. The van der Waals surface area contributed by atoms with Crippen molar-refractivity contribution in [3.63, 3.8) is 0 Å². The van der Waals surface area contributed by atoms with Crippen LogP contribution in [0.25, 0.3) is 10.2 Å². The number of thioether (sulfide) groups is 1. The van der Waals surface area contributed by atoms with Crippen LogP contribution in [-0.4, -0.2) is 28.7 Å². The molecule has 0 spiro atoms. The highest BCUT2D eigenvalue weighted by atomic mass is 32.2. The first-order valence-corrected chi connectivity index (χ1v) is 11.5. The zero-order chi connectivity index (χ0) is 20.8. The van der Waals surface area contributed by atoms with Gasteiger partial charge in [-0.2, -0.15) is 0 Å². The molecule has 30 heavy (non-hydrogen) atoms. The average Bonchev–Trinajstić information content (AvgIpc) is 3.21. The van der Waals surface area contributed by atoms with E-state index in [4.69, 9.17) is 9.72 Å². The van der Waals surface area contributed by atoms with Gasteiger partial charge in [0.25, 0.3) is 0 Å². The van der Waals surface area contributed by atoms with Gasteiger partial charge in [0.15, 0.2) is 5.13 Å². The monoisotopic (exact) mass is 435 g/mol. The second-order valence-corrected chi connectivity index (χ2v) is 8.64. The lowest BCUT2D eigenvalue weighted by atomic mass is 10.2. The van der Waals surface area contributed by atoms with Crippen molar-refractivity contribution in [1.82, 2.24) is 9.97 Å². The third-order valence-corrected chi connectivity index (χ3v) is 6.55. The number of hydrogen-bond donors (Lipinski definition) is 0. The Labute approximate surface area is 183 Å². The van der Waals surface area contributed by atoms with E-state index in [2.05, 4.69) is 17.1 Å². The number of hydrogen-bond acceptors (Lipinski definition) is 6. The molecule has 0 saturated heterocycles. The van der Waals surface area contributed by atoms with Crippen LogP contribution in [0, 0.1) is 0 Å². The Hall–Kier alpha value is -2.90. The van der Waals surface area contributed by atoms with Crippen molar-refractivity contribution in [1.29, 1.82) is 0 Å². The van der Waals surface area contributed by atoms with Crippen LogP contribution in [0.5, 0.6) is 5.75 Å². The lowest BCUT2D eigenvalue weighted by Gasteiger charge is -2.19. The molecule has 4 rings (SSSR count). The Morgan fingerprint density at radius 1 is 1.10 bits per heavy atom. The zero-order valence-corrected chi connectivity index (χ0v) is 18.2. The maximum atomic E-state index is 13.2. The topological polar surface area (TPSA) is 55.3 Å². The Morgan fingerprint density at radius 2 is 1.93 bits per heavy atom. The summed E-state index contributed by atoms with van der Waals surface area (Å²) in [4.78, 5) is 23.8. The third kappa shape index (κ3) is 4.98. The Bertz CT molecular complexity index is 1120. The minimum Gasteiger partial charge on any atom is -0.497 e. The maximum absolute atomic E-state index is 13.2. The summed E-state index contributed by atoms with van der Waals surface area (Å²) in [6, 6.07) is 19.8. The van der Waals surface area contributed by atoms with Gasteiger partial charge in [0.05, 0.1) is 29.6 Å². The van der Waals surface area contributed by atoms with E-state index in [0.717, 1.165) is 27.3 Å². The number of carbonyl (C=O) groups is 1. The van der Waals surface area contributed by atoms with Gasteiger partial charge in [-0.1, -0.05) is 47.7 Å². The smallest absolute Gasteiger partial charge is 0.239 e. The summed E-state index contributed by atoms with van der Waals surface area (Å²) in [5.41, 5.74) is 3.04.